The number of thiocarbonyl (C=S) groups is 1. The van der Waals surface area contributed by atoms with E-state index in [2.05, 4.69) is 66.1 Å². The highest BCUT2D eigenvalue weighted by Crippen LogP contribution is 2.24. The Morgan fingerprint density at radius 1 is 1.15 bits per heavy atom. The normalized spacial score (nSPS) is 17.4. The van der Waals surface area contributed by atoms with Gasteiger partial charge in [0.2, 0.25) is 0 Å². The first-order chi connectivity index (χ1) is 9.74. The zero-order valence-corrected chi connectivity index (χ0v) is 12.3. The van der Waals surface area contributed by atoms with E-state index in [4.69, 9.17) is 12.2 Å². The smallest absolute Gasteiger partial charge is 0.102 e. The summed E-state index contributed by atoms with van der Waals surface area (Å²) in [6.07, 6.45) is 1.07. The summed E-state index contributed by atoms with van der Waals surface area (Å²) in [7, 11) is 0. The van der Waals surface area contributed by atoms with Crippen molar-refractivity contribution in [2.24, 2.45) is 0 Å². The van der Waals surface area contributed by atoms with Gasteiger partial charge in [-0.25, -0.2) is 0 Å². The van der Waals surface area contributed by atoms with Gasteiger partial charge in [-0.1, -0.05) is 54.2 Å². The number of hydrogen-bond donors (Lipinski definition) is 2. The zero-order valence-electron chi connectivity index (χ0n) is 11.5. The third-order valence-corrected chi connectivity index (χ3v) is 4.03. The predicted molar refractivity (Wildman–Crippen MR) is 88.3 cm³/mol. The van der Waals surface area contributed by atoms with Gasteiger partial charge in [-0.15, -0.1) is 0 Å². The second-order valence-corrected chi connectivity index (χ2v) is 5.63. The number of benzene rings is 2. The van der Waals surface area contributed by atoms with Crippen LogP contribution in [0.25, 0.3) is 0 Å². The van der Waals surface area contributed by atoms with Crippen molar-refractivity contribution in [1.82, 2.24) is 5.32 Å². The standard InChI is InChI=1S/C17H18N2S/c1-12-6-8-14(9-7-12)19-17(20)16-15-5-3-2-4-13(15)10-11-18-16/h2-9,16,18H,10-11H2,1H3,(H,19,20). The molecule has 1 aliphatic rings. The monoisotopic (exact) mass is 282 g/mol. The van der Waals surface area contributed by atoms with Crippen molar-refractivity contribution >= 4 is 22.9 Å². The van der Waals surface area contributed by atoms with Gasteiger partial charge in [0.15, 0.2) is 0 Å². The van der Waals surface area contributed by atoms with Gasteiger partial charge < -0.3 is 10.6 Å². The number of anilines is 1. The summed E-state index contributed by atoms with van der Waals surface area (Å²) >= 11 is 5.59. The molecule has 0 amide bonds. The van der Waals surface area contributed by atoms with Crippen molar-refractivity contribution in [3.05, 3.63) is 65.2 Å². The van der Waals surface area contributed by atoms with E-state index in [1.54, 1.807) is 0 Å². The van der Waals surface area contributed by atoms with Gasteiger partial charge in [-0.2, -0.15) is 0 Å². The van der Waals surface area contributed by atoms with E-state index in [0.717, 1.165) is 23.6 Å². The Morgan fingerprint density at radius 3 is 2.70 bits per heavy atom. The first-order valence-electron chi connectivity index (χ1n) is 6.93. The van der Waals surface area contributed by atoms with Crippen LogP contribution < -0.4 is 10.6 Å². The number of fused-ring (bicyclic) bond motifs is 1. The Kier molecular flexibility index (Phi) is 3.81. The van der Waals surface area contributed by atoms with Gasteiger partial charge in [0.05, 0.1) is 6.04 Å². The van der Waals surface area contributed by atoms with Gasteiger partial charge in [0, 0.05) is 12.2 Å². The van der Waals surface area contributed by atoms with E-state index in [-0.39, 0.29) is 6.04 Å². The molecule has 20 heavy (non-hydrogen) atoms. The van der Waals surface area contributed by atoms with Crippen molar-refractivity contribution in [3.63, 3.8) is 0 Å². The third kappa shape index (κ3) is 2.74. The summed E-state index contributed by atoms with van der Waals surface area (Å²) in [5.74, 6) is 0. The summed E-state index contributed by atoms with van der Waals surface area (Å²) in [6.45, 7) is 3.05. The molecule has 0 saturated carbocycles. The average molecular weight is 282 g/mol. The van der Waals surface area contributed by atoms with Crippen LogP contribution in [-0.2, 0) is 6.42 Å². The van der Waals surface area contributed by atoms with Crippen LogP contribution in [-0.4, -0.2) is 11.5 Å². The molecule has 0 aliphatic carbocycles. The van der Waals surface area contributed by atoms with Crippen molar-refractivity contribution in [3.8, 4) is 0 Å². The Balaban J connectivity index is 1.80. The van der Waals surface area contributed by atoms with E-state index in [0.29, 0.717) is 0 Å². The van der Waals surface area contributed by atoms with Crippen LogP contribution in [0, 0.1) is 6.92 Å². The summed E-state index contributed by atoms with van der Waals surface area (Å²) in [5, 5.41) is 6.85. The molecule has 0 bridgehead atoms. The van der Waals surface area contributed by atoms with Gasteiger partial charge in [0.1, 0.15) is 4.99 Å². The molecule has 2 aromatic rings. The van der Waals surface area contributed by atoms with E-state index in [9.17, 15) is 0 Å². The van der Waals surface area contributed by atoms with Crippen molar-refractivity contribution in [1.29, 1.82) is 0 Å². The topological polar surface area (TPSA) is 24.1 Å². The molecule has 3 heteroatoms. The fourth-order valence-electron chi connectivity index (χ4n) is 2.59. The SMILES string of the molecule is Cc1ccc(NC(=S)C2NCCc3ccccc32)cc1. The first-order valence-corrected chi connectivity index (χ1v) is 7.33. The molecular formula is C17H18N2S. The molecule has 3 rings (SSSR count). The van der Waals surface area contributed by atoms with Crippen LogP contribution in [0.1, 0.15) is 22.7 Å². The Labute approximate surface area is 125 Å². The van der Waals surface area contributed by atoms with Gasteiger partial charge in [0.25, 0.3) is 0 Å². The second kappa shape index (κ2) is 5.73. The van der Waals surface area contributed by atoms with E-state index in [1.807, 2.05) is 0 Å². The summed E-state index contributed by atoms with van der Waals surface area (Å²) in [5.41, 5.74) is 4.99. The van der Waals surface area contributed by atoms with Gasteiger partial charge >= 0.3 is 0 Å². The second-order valence-electron chi connectivity index (χ2n) is 5.19. The lowest BCUT2D eigenvalue weighted by atomic mass is 9.94. The van der Waals surface area contributed by atoms with Crippen LogP contribution in [0.4, 0.5) is 5.69 Å². The third-order valence-electron chi connectivity index (χ3n) is 3.69. The molecule has 2 aromatic carbocycles. The van der Waals surface area contributed by atoms with Gasteiger partial charge in [-0.3, -0.25) is 0 Å². The number of rotatable bonds is 2. The lowest BCUT2D eigenvalue weighted by Crippen LogP contribution is -2.37. The molecule has 0 spiro atoms. The minimum atomic E-state index is 0.108. The molecule has 2 nitrogen and oxygen atoms in total. The van der Waals surface area contributed by atoms with Crippen molar-refractivity contribution in [2.45, 2.75) is 19.4 Å². The first kappa shape index (κ1) is 13.3. The van der Waals surface area contributed by atoms with Crippen molar-refractivity contribution < 1.29 is 0 Å². The Morgan fingerprint density at radius 2 is 1.90 bits per heavy atom. The van der Waals surface area contributed by atoms with E-state index >= 15 is 0 Å². The maximum atomic E-state index is 5.59. The van der Waals surface area contributed by atoms with Crippen molar-refractivity contribution in [2.75, 3.05) is 11.9 Å². The molecule has 0 aromatic heterocycles. The molecule has 2 N–H and O–H groups in total. The molecule has 1 unspecified atom stereocenters. The molecule has 1 aliphatic heterocycles. The van der Waals surface area contributed by atoms with Crippen LogP contribution in [0.3, 0.4) is 0 Å². The Bertz CT molecular complexity index is 619. The highest BCUT2D eigenvalue weighted by molar-refractivity contribution is 7.80. The van der Waals surface area contributed by atoms with Crippen LogP contribution in [0.5, 0.6) is 0 Å². The average Bonchev–Trinajstić information content (AvgIpc) is 2.49. The quantitative estimate of drug-likeness (QED) is 0.823. The lowest BCUT2D eigenvalue weighted by molar-refractivity contribution is 0.607. The zero-order chi connectivity index (χ0) is 13.9. The molecule has 0 radical (unpaired) electrons. The Hall–Kier alpha value is -1.71. The van der Waals surface area contributed by atoms with Gasteiger partial charge in [-0.05, 0) is 36.6 Å². The summed E-state index contributed by atoms with van der Waals surface area (Å²) < 4.78 is 0. The number of aryl methyl sites for hydroxylation is 1. The predicted octanol–water partition coefficient (Wildman–Crippen LogP) is 3.62. The van der Waals surface area contributed by atoms with Crippen LogP contribution in [0.15, 0.2) is 48.5 Å². The summed E-state index contributed by atoms with van der Waals surface area (Å²) in [4.78, 5) is 0.834. The highest BCUT2D eigenvalue weighted by atomic mass is 32.1. The minimum absolute atomic E-state index is 0.108. The number of hydrogen-bond acceptors (Lipinski definition) is 2. The molecule has 1 heterocycles. The highest BCUT2D eigenvalue weighted by Gasteiger charge is 2.22. The molecule has 0 saturated heterocycles. The lowest BCUT2D eigenvalue weighted by Gasteiger charge is -2.28. The number of nitrogens with one attached hydrogen (secondary N) is 2. The fourth-order valence-corrected chi connectivity index (χ4v) is 2.92. The molecule has 0 fully saturated rings. The van der Waals surface area contributed by atoms with Crippen LogP contribution in [0.2, 0.25) is 0 Å². The molecular weight excluding hydrogens is 264 g/mol. The molecule has 1 atom stereocenters. The maximum Gasteiger partial charge on any atom is 0.102 e. The summed E-state index contributed by atoms with van der Waals surface area (Å²) in [6, 6.07) is 16.9. The maximum absolute atomic E-state index is 5.59. The minimum Gasteiger partial charge on any atom is -0.348 e. The fraction of sp³-hybridized carbons (Fsp3) is 0.235. The largest absolute Gasteiger partial charge is 0.348 e. The van der Waals surface area contributed by atoms with E-state index < -0.39 is 0 Å². The van der Waals surface area contributed by atoms with E-state index in [1.165, 1.54) is 16.7 Å². The molecule has 102 valence electrons. The van der Waals surface area contributed by atoms with Crippen LogP contribution >= 0.6 is 12.2 Å².